The van der Waals surface area contributed by atoms with Crippen LogP contribution >= 0.6 is 0 Å². The van der Waals surface area contributed by atoms with Crippen LogP contribution in [0.3, 0.4) is 0 Å². The fraction of sp³-hybridized carbons (Fsp3) is 0.417. The van der Waals surface area contributed by atoms with Crippen molar-refractivity contribution >= 4 is 17.9 Å². The number of nitrogens with zero attached hydrogens (tertiary/aromatic N) is 1. The van der Waals surface area contributed by atoms with Crippen molar-refractivity contribution < 1.29 is 38.0 Å². The Kier molecular flexibility index (Phi) is 15.1. The molecule has 0 aromatic heterocycles. The van der Waals surface area contributed by atoms with Crippen molar-refractivity contribution in [1.29, 1.82) is 0 Å². The predicted octanol–water partition coefficient (Wildman–Crippen LogP) is 9.04. The number of rotatable bonds is 19. The van der Waals surface area contributed by atoms with E-state index in [1.807, 2.05) is 145 Å². The summed E-state index contributed by atoms with van der Waals surface area (Å²) < 4.78 is 35.2. The Hall–Kier alpha value is -5.64. The van der Waals surface area contributed by atoms with Crippen LogP contribution in [0.15, 0.2) is 90.5 Å². The maximum absolute atomic E-state index is 14.9. The van der Waals surface area contributed by atoms with Crippen LogP contribution < -0.4 is 33.7 Å². The summed E-state index contributed by atoms with van der Waals surface area (Å²) in [5.74, 6) is 2.46. The quantitative estimate of drug-likeness (QED) is 0.0939. The van der Waals surface area contributed by atoms with E-state index in [2.05, 4.69) is 5.32 Å². The monoisotopic (exact) mass is 792 g/mol. The van der Waals surface area contributed by atoms with Crippen LogP contribution in [0.2, 0.25) is 0 Å². The topological polar surface area (TPSA) is 105 Å². The number of ether oxygens (including phenoxy) is 6. The molecule has 2 amide bonds. The molecule has 1 aliphatic heterocycles. The van der Waals surface area contributed by atoms with E-state index in [-0.39, 0.29) is 36.2 Å². The summed E-state index contributed by atoms with van der Waals surface area (Å²) in [7, 11) is 3.17. The zero-order valence-corrected chi connectivity index (χ0v) is 35.7. The third-order valence-corrected chi connectivity index (χ3v) is 9.49. The second-order valence-corrected chi connectivity index (χ2v) is 15.6. The molecule has 4 aromatic carbocycles. The van der Waals surface area contributed by atoms with Gasteiger partial charge in [0.25, 0.3) is 5.91 Å². The molecule has 10 heteroatoms. The zero-order chi connectivity index (χ0) is 41.9. The van der Waals surface area contributed by atoms with Crippen molar-refractivity contribution in [3.63, 3.8) is 0 Å². The lowest BCUT2D eigenvalue weighted by molar-refractivity contribution is -0.126. The maximum Gasteiger partial charge on any atom is 0.251 e. The Labute approximate surface area is 344 Å². The molecule has 1 N–H and O–H groups in total. The van der Waals surface area contributed by atoms with Crippen molar-refractivity contribution in [2.75, 3.05) is 27.3 Å². The van der Waals surface area contributed by atoms with Crippen molar-refractivity contribution in [3.05, 3.63) is 113 Å². The van der Waals surface area contributed by atoms with E-state index in [0.29, 0.717) is 60.1 Å². The van der Waals surface area contributed by atoms with Gasteiger partial charge < -0.3 is 38.6 Å². The molecule has 0 aliphatic carbocycles. The van der Waals surface area contributed by atoms with E-state index in [9.17, 15) is 9.59 Å². The Bertz CT molecular complexity index is 2000. The second-order valence-electron chi connectivity index (χ2n) is 15.6. The highest BCUT2D eigenvalue weighted by molar-refractivity contribution is 6.07. The molecule has 0 bridgehead atoms. The van der Waals surface area contributed by atoms with E-state index in [1.165, 1.54) is 0 Å². The van der Waals surface area contributed by atoms with Gasteiger partial charge in [0.05, 0.1) is 50.6 Å². The Balaban J connectivity index is 1.55. The molecule has 58 heavy (non-hydrogen) atoms. The second kappa shape index (κ2) is 20.2. The number of carbonyl (C=O) groups excluding carboxylic acids is 2. The van der Waals surface area contributed by atoms with Crippen LogP contribution in [0, 0.1) is 5.92 Å². The van der Waals surface area contributed by atoms with Gasteiger partial charge in [-0.25, -0.2) is 0 Å². The molecule has 0 unspecified atom stereocenters. The molecule has 0 radical (unpaired) electrons. The first-order chi connectivity index (χ1) is 27.8. The normalized spacial score (nSPS) is 16.1. The van der Waals surface area contributed by atoms with E-state index in [0.717, 1.165) is 28.2 Å². The summed E-state index contributed by atoms with van der Waals surface area (Å²) in [6, 6.07) is 26.4. The van der Waals surface area contributed by atoms with Crippen LogP contribution in [0.1, 0.15) is 83.7 Å². The smallest absolute Gasteiger partial charge is 0.251 e. The van der Waals surface area contributed by atoms with Gasteiger partial charge >= 0.3 is 0 Å². The lowest BCUT2D eigenvalue weighted by Gasteiger charge is -2.29. The van der Waals surface area contributed by atoms with Crippen molar-refractivity contribution in [2.24, 2.45) is 5.92 Å². The minimum Gasteiger partial charge on any atom is -0.493 e. The molecule has 1 saturated heterocycles. The van der Waals surface area contributed by atoms with Gasteiger partial charge in [-0.2, -0.15) is 0 Å². The largest absolute Gasteiger partial charge is 0.493 e. The third-order valence-electron chi connectivity index (χ3n) is 9.49. The van der Waals surface area contributed by atoms with Gasteiger partial charge in [-0.1, -0.05) is 36.4 Å². The minimum atomic E-state index is -0.865. The molecule has 2 atom stereocenters. The van der Waals surface area contributed by atoms with Gasteiger partial charge in [0.2, 0.25) is 5.91 Å². The first-order valence-electron chi connectivity index (χ1n) is 20.3. The highest BCUT2D eigenvalue weighted by Crippen LogP contribution is 2.45. The minimum absolute atomic E-state index is 0.0557. The number of benzene rings is 4. The lowest BCUT2D eigenvalue weighted by atomic mass is 9.88. The number of carbonyl (C=O) groups is 2. The summed E-state index contributed by atoms with van der Waals surface area (Å²) in [5, 5.41) is 3.19. The molecule has 1 aliphatic rings. The highest BCUT2D eigenvalue weighted by Gasteiger charge is 2.48. The van der Waals surface area contributed by atoms with Crippen LogP contribution in [0.4, 0.5) is 0 Å². The standard InChI is InChI=1S/C48H60N2O8/c1-30(2)55-38-17-11-34(12-18-38)23-25-49-47(51)45-40(27-36-15-21-41(57-32(5)6)43(28-36)53-9)48(52)50(26-24-35-13-19-39(20-14-35)56-31(3)4)46(45)37-16-22-42(58-33(7)8)44(29-37)54-10/h11-22,27-33,45-46H,23-26H2,1-10H3,(H,49,51)/b40-27+/t45-,46+/m0/s1. The molecular weight excluding hydrogens is 733 g/mol. The van der Waals surface area contributed by atoms with Gasteiger partial charge in [-0.05, 0) is 145 Å². The summed E-state index contributed by atoms with van der Waals surface area (Å²) in [4.78, 5) is 31.4. The molecule has 1 heterocycles. The average Bonchev–Trinajstić information content (AvgIpc) is 3.45. The average molecular weight is 793 g/mol. The fourth-order valence-corrected chi connectivity index (χ4v) is 7.05. The summed E-state index contributed by atoms with van der Waals surface area (Å²) in [5.41, 5.74) is 3.93. The Morgan fingerprint density at radius 1 is 0.638 bits per heavy atom. The van der Waals surface area contributed by atoms with Gasteiger partial charge in [0, 0.05) is 18.7 Å². The van der Waals surface area contributed by atoms with Crippen LogP contribution in [-0.2, 0) is 22.4 Å². The number of amides is 2. The van der Waals surface area contributed by atoms with Gasteiger partial charge in [-0.15, -0.1) is 0 Å². The molecular formula is C48H60N2O8. The van der Waals surface area contributed by atoms with Gasteiger partial charge in [0.15, 0.2) is 23.0 Å². The molecule has 1 fully saturated rings. The number of hydrogen-bond acceptors (Lipinski definition) is 8. The van der Waals surface area contributed by atoms with Crippen LogP contribution in [-0.4, -0.2) is 68.4 Å². The number of likely N-dealkylation sites (tertiary alicyclic amines) is 1. The lowest BCUT2D eigenvalue weighted by Crippen LogP contribution is -2.37. The van der Waals surface area contributed by atoms with Crippen LogP contribution in [0.5, 0.6) is 34.5 Å². The fourth-order valence-electron chi connectivity index (χ4n) is 7.05. The molecule has 310 valence electrons. The van der Waals surface area contributed by atoms with Crippen molar-refractivity contribution in [1.82, 2.24) is 10.2 Å². The predicted molar refractivity (Wildman–Crippen MR) is 228 cm³/mol. The Morgan fingerprint density at radius 3 is 1.66 bits per heavy atom. The molecule has 10 nitrogen and oxygen atoms in total. The number of methoxy groups -OCH3 is 2. The first kappa shape index (κ1) is 43.5. The third kappa shape index (κ3) is 11.5. The summed E-state index contributed by atoms with van der Waals surface area (Å²) >= 11 is 0. The molecule has 0 saturated carbocycles. The summed E-state index contributed by atoms with van der Waals surface area (Å²) in [6.07, 6.45) is 2.95. The van der Waals surface area contributed by atoms with Gasteiger partial charge in [-0.3, -0.25) is 9.59 Å². The van der Waals surface area contributed by atoms with E-state index < -0.39 is 12.0 Å². The molecule has 0 spiro atoms. The Morgan fingerprint density at radius 2 is 1.14 bits per heavy atom. The molecule has 5 rings (SSSR count). The van der Waals surface area contributed by atoms with Crippen LogP contribution in [0.25, 0.3) is 6.08 Å². The maximum atomic E-state index is 14.9. The van der Waals surface area contributed by atoms with Crippen molar-refractivity contribution in [3.8, 4) is 34.5 Å². The summed E-state index contributed by atoms with van der Waals surface area (Å²) in [6.45, 7) is 16.5. The highest BCUT2D eigenvalue weighted by atomic mass is 16.5. The first-order valence-corrected chi connectivity index (χ1v) is 20.3. The van der Waals surface area contributed by atoms with E-state index in [4.69, 9.17) is 28.4 Å². The van der Waals surface area contributed by atoms with Gasteiger partial charge in [0.1, 0.15) is 11.5 Å². The van der Waals surface area contributed by atoms with E-state index >= 15 is 0 Å². The SMILES string of the molecule is COc1cc(/C=C2/C(=O)N(CCc3ccc(OC(C)C)cc3)[C@H](c3ccc(OC(C)C)c(OC)c3)[C@H]2C(=O)NCCc2ccc(OC(C)C)cc2)ccc1OC(C)C. The molecule has 4 aromatic rings. The number of nitrogens with one attached hydrogen (secondary N) is 1. The van der Waals surface area contributed by atoms with E-state index in [1.54, 1.807) is 20.3 Å². The number of hydrogen-bond donors (Lipinski definition) is 1. The zero-order valence-electron chi connectivity index (χ0n) is 35.7. The van der Waals surface area contributed by atoms with Crippen molar-refractivity contribution in [2.45, 2.75) is 98.7 Å².